The molecule has 5 nitrogen and oxygen atoms in total. The van der Waals surface area contributed by atoms with Crippen LogP contribution in [0.3, 0.4) is 0 Å². The predicted molar refractivity (Wildman–Crippen MR) is 70.6 cm³/mol. The summed E-state index contributed by atoms with van der Waals surface area (Å²) >= 11 is 0. The highest BCUT2D eigenvalue weighted by molar-refractivity contribution is 6.03. The molecule has 1 aliphatic rings. The number of nitrogens with zero attached hydrogens (tertiary/aromatic N) is 2. The molecule has 3 rings (SSSR count). The first kappa shape index (κ1) is 10.7. The maximum atomic E-state index is 11.8. The molecule has 2 heterocycles. The number of hydrogen-bond acceptors (Lipinski definition) is 4. The van der Waals surface area contributed by atoms with Gasteiger partial charge in [0.15, 0.2) is 11.5 Å². The van der Waals surface area contributed by atoms with Crippen molar-refractivity contribution >= 4 is 17.2 Å². The molecule has 0 radical (unpaired) electrons. The van der Waals surface area contributed by atoms with E-state index in [0.717, 1.165) is 24.2 Å². The third-order valence-electron chi connectivity index (χ3n) is 2.84. The summed E-state index contributed by atoms with van der Waals surface area (Å²) in [4.78, 5) is 22.8. The van der Waals surface area contributed by atoms with E-state index in [9.17, 15) is 4.79 Å². The van der Waals surface area contributed by atoms with Crippen LogP contribution < -0.4 is 10.9 Å². The van der Waals surface area contributed by atoms with Crippen LogP contribution in [0.2, 0.25) is 0 Å². The van der Waals surface area contributed by atoms with Crippen LogP contribution in [0.4, 0.5) is 11.5 Å². The van der Waals surface area contributed by atoms with E-state index in [4.69, 9.17) is 0 Å². The SMILES string of the molecule is O=c1[nH]cnc2c1N=C(c1ccccc1)CCN2. The van der Waals surface area contributed by atoms with Gasteiger partial charge in [-0.1, -0.05) is 30.3 Å². The maximum Gasteiger partial charge on any atom is 0.278 e. The van der Waals surface area contributed by atoms with Gasteiger partial charge in [-0.05, 0) is 5.56 Å². The number of nitrogens with one attached hydrogen (secondary N) is 2. The molecule has 0 unspecified atom stereocenters. The fraction of sp³-hybridized carbons (Fsp3) is 0.154. The summed E-state index contributed by atoms with van der Waals surface area (Å²) in [5, 5.41) is 3.12. The Morgan fingerprint density at radius 2 is 2.00 bits per heavy atom. The zero-order valence-electron chi connectivity index (χ0n) is 9.68. The molecule has 90 valence electrons. The summed E-state index contributed by atoms with van der Waals surface area (Å²) in [5.74, 6) is 0.546. The van der Waals surface area contributed by atoms with E-state index in [2.05, 4.69) is 20.3 Å². The monoisotopic (exact) mass is 240 g/mol. The van der Waals surface area contributed by atoms with Crippen LogP contribution in [0.5, 0.6) is 0 Å². The first-order valence-electron chi connectivity index (χ1n) is 5.79. The molecule has 1 aromatic heterocycles. The average Bonchev–Trinajstić information content (AvgIpc) is 2.63. The highest BCUT2D eigenvalue weighted by Gasteiger charge is 2.14. The molecule has 1 aliphatic heterocycles. The number of benzene rings is 1. The highest BCUT2D eigenvalue weighted by atomic mass is 16.1. The van der Waals surface area contributed by atoms with Crippen molar-refractivity contribution in [1.29, 1.82) is 0 Å². The zero-order valence-corrected chi connectivity index (χ0v) is 9.68. The minimum atomic E-state index is -0.220. The Kier molecular flexibility index (Phi) is 2.64. The van der Waals surface area contributed by atoms with Gasteiger partial charge in [-0.2, -0.15) is 0 Å². The smallest absolute Gasteiger partial charge is 0.278 e. The van der Waals surface area contributed by atoms with Crippen LogP contribution in [0.15, 0.2) is 46.4 Å². The second-order valence-corrected chi connectivity index (χ2v) is 4.03. The number of anilines is 1. The van der Waals surface area contributed by atoms with Crippen molar-refractivity contribution in [3.8, 4) is 0 Å². The second-order valence-electron chi connectivity index (χ2n) is 4.03. The number of fused-ring (bicyclic) bond motifs is 1. The van der Waals surface area contributed by atoms with Gasteiger partial charge in [-0.25, -0.2) is 9.98 Å². The van der Waals surface area contributed by atoms with Crippen LogP contribution in [0.25, 0.3) is 0 Å². The van der Waals surface area contributed by atoms with E-state index < -0.39 is 0 Å². The first-order chi connectivity index (χ1) is 8.84. The molecule has 0 saturated heterocycles. The van der Waals surface area contributed by atoms with E-state index in [-0.39, 0.29) is 5.56 Å². The summed E-state index contributed by atoms with van der Waals surface area (Å²) in [6, 6.07) is 9.87. The van der Waals surface area contributed by atoms with Crippen molar-refractivity contribution in [3.63, 3.8) is 0 Å². The number of rotatable bonds is 1. The molecule has 2 N–H and O–H groups in total. The van der Waals surface area contributed by atoms with E-state index >= 15 is 0 Å². The molecule has 0 aliphatic carbocycles. The summed E-state index contributed by atoms with van der Waals surface area (Å²) in [6.07, 6.45) is 2.15. The normalized spacial score (nSPS) is 14.1. The quantitative estimate of drug-likeness (QED) is 0.797. The number of aromatic nitrogens is 2. The molecule has 1 aromatic carbocycles. The number of H-pyrrole nitrogens is 1. The van der Waals surface area contributed by atoms with Gasteiger partial charge in [-0.3, -0.25) is 4.79 Å². The summed E-state index contributed by atoms with van der Waals surface area (Å²) in [5.41, 5.74) is 2.08. The second kappa shape index (κ2) is 4.44. The third kappa shape index (κ3) is 1.90. The molecule has 0 amide bonds. The van der Waals surface area contributed by atoms with E-state index in [1.165, 1.54) is 6.33 Å². The molecular weight excluding hydrogens is 228 g/mol. The van der Waals surface area contributed by atoms with Crippen molar-refractivity contribution in [2.24, 2.45) is 4.99 Å². The Morgan fingerprint density at radius 1 is 1.17 bits per heavy atom. The molecule has 2 aromatic rings. The lowest BCUT2D eigenvalue weighted by Crippen LogP contribution is -2.09. The fourth-order valence-corrected chi connectivity index (χ4v) is 1.96. The minimum absolute atomic E-state index is 0.220. The van der Waals surface area contributed by atoms with Crippen LogP contribution in [-0.2, 0) is 0 Å². The number of aliphatic imine (C=N–C) groups is 1. The molecule has 0 saturated carbocycles. The molecule has 0 fully saturated rings. The van der Waals surface area contributed by atoms with E-state index in [1.807, 2.05) is 30.3 Å². The van der Waals surface area contributed by atoms with Crippen molar-refractivity contribution in [2.75, 3.05) is 11.9 Å². The van der Waals surface area contributed by atoms with Gasteiger partial charge in [0.2, 0.25) is 0 Å². The van der Waals surface area contributed by atoms with Crippen molar-refractivity contribution in [3.05, 3.63) is 52.6 Å². The lowest BCUT2D eigenvalue weighted by Gasteiger charge is -2.02. The summed E-state index contributed by atoms with van der Waals surface area (Å²) in [6.45, 7) is 0.719. The number of aromatic amines is 1. The maximum absolute atomic E-state index is 11.8. The van der Waals surface area contributed by atoms with Gasteiger partial charge >= 0.3 is 0 Å². The van der Waals surface area contributed by atoms with Gasteiger partial charge in [0.05, 0.1) is 12.0 Å². The van der Waals surface area contributed by atoms with Gasteiger partial charge in [0.25, 0.3) is 5.56 Å². The topological polar surface area (TPSA) is 70.1 Å². The van der Waals surface area contributed by atoms with Crippen LogP contribution >= 0.6 is 0 Å². The average molecular weight is 240 g/mol. The highest BCUT2D eigenvalue weighted by Crippen LogP contribution is 2.21. The third-order valence-corrected chi connectivity index (χ3v) is 2.84. The Hall–Kier alpha value is -2.43. The van der Waals surface area contributed by atoms with Crippen molar-refractivity contribution < 1.29 is 0 Å². The lowest BCUT2D eigenvalue weighted by molar-refractivity contribution is 1.07. The Balaban J connectivity index is 2.13. The molecule has 18 heavy (non-hydrogen) atoms. The molecule has 0 bridgehead atoms. The summed E-state index contributed by atoms with van der Waals surface area (Å²) < 4.78 is 0. The predicted octanol–water partition coefficient (Wildman–Crippen LogP) is 1.71. The molecular formula is C13H12N4O. The van der Waals surface area contributed by atoms with Crippen molar-refractivity contribution in [1.82, 2.24) is 9.97 Å². The molecule has 5 heteroatoms. The van der Waals surface area contributed by atoms with Crippen molar-refractivity contribution in [2.45, 2.75) is 6.42 Å². The van der Waals surface area contributed by atoms with Gasteiger partial charge in [0.1, 0.15) is 0 Å². The van der Waals surface area contributed by atoms with Crippen LogP contribution in [-0.4, -0.2) is 22.2 Å². The first-order valence-corrected chi connectivity index (χ1v) is 5.79. The Bertz CT molecular complexity index is 646. The number of hydrogen-bond donors (Lipinski definition) is 2. The zero-order chi connectivity index (χ0) is 12.4. The van der Waals surface area contributed by atoms with Gasteiger partial charge in [-0.15, -0.1) is 0 Å². The van der Waals surface area contributed by atoms with Crippen LogP contribution in [0, 0.1) is 0 Å². The van der Waals surface area contributed by atoms with E-state index in [1.54, 1.807) is 0 Å². The Morgan fingerprint density at radius 3 is 2.83 bits per heavy atom. The Labute approximate surface area is 104 Å². The summed E-state index contributed by atoms with van der Waals surface area (Å²) in [7, 11) is 0. The minimum Gasteiger partial charge on any atom is -0.368 e. The lowest BCUT2D eigenvalue weighted by atomic mass is 10.1. The molecule has 0 atom stereocenters. The van der Waals surface area contributed by atoms with Gasteiger partial charge in [0, 0.05) is 13.0 Å². The van der Waals surface area contributed by atoms with E-state index in [0.29, 0.717) is 11.5 Å². The van der Waals surface area contributed by atoms with Gasteiger partial charge < -0.3 is 10.3 Å². The standard InChI is InChI=1S/C13H12N4O/c18-13-11-12(15-8-16-13)14-7-6-10(17-11)9-4-2-1-3-5-9/h1-5,8H,6-7H2,(H2,14,15,16,18). The largest absolute Gasteiger partial charge is 0.368 e. The molecule has 0 spiro atoms. The fourth-order valence-electron chi connectivity index (χ4n) is 1.96. The van der Waals surface area contributed by atoms with Crippen LogP contribution in [0.1, 0.15) is 12.0 Å².